The monoisotopic (exact) mass is 469 g/mol. The highest BCUT2D eigenvalue weighted by atomic mass is 16.3. The lowest BCUT2D eigenvalue weighted by molar-refractivity contribution is -0.141. The molecular weight excluding hydrogens is 442 g/mol. The van der Waals surface area contributed by atoms with E-state index in [1.165, 1.54) is 0 Å². The molecule has 1 aromatic heterocycles. The molecule has 0 bridgehead atoms. The van der Waals surface area contributed by atoms with Gasteiger partial charge in [0, 0.05) is 30.6 Å². The van der Waals surface area contributed by atoms with Crippen LogP contribution in [0.3, 0.4) is 0 Å². The molecule has 7 nitrogen and oxygen atoms in total. The molecule has 2 amide bonds. The van der Waals surface area contributed by atoms with Gasteiger partial charge in [-0.05, 0) is 67.3 Å². The van der Waals surface area contributed by atoms with Crippen LogP contribution in [0.5, 0.6) is 0 Å². The average Bonchev–Trinajstić information content (AvgIpc) is 3.66. The molecule has 35 heavy (non-hydrogen) atoms. The van der Waals surface area contributed by atoms with Gasteiger partial charge in [0.05, 0.1) is 6.26 Å². The van der Waals surface area contributed by atoms with E-state index in [1.54, 1.807) is 11.2 Å². The second-order valence-electron chi connectivity index (χ2n) is 10.6. The van der Waals surface area contributed by atoms with E-state index in [4.69, 9.17) is 9.41 Å². The number of amidine groups is 1. The minimum Gasteiger partial charge on any atom is -0.464 e. The van der Waals surface area contributed by atoms with E-state index in [-0.39, 0.29) is 17.7 Å². The SMILES string of the molecule is O=C(N1CC[C@@H](CN2C(=O)C3(CC3)N=C2c2ccc(-c3ccc4occc4c3)cc2)C1)C1(O)CC1. The van der Waals surface area contributed by atoms with Crippen LogP contribution in [-0.2, 0) is 9.59 Å². The number of aliphatic hydroxyl groups is 1. The van der Waals surface area contributed by atoms with Crippen molar-refractivity contribution in [2.45, 2.75) is 43.2 Å². The largest absolute Gasteiger partial charge is 0.464 e. The Balaban J connectivity index is 1.11. The summed E-state index contributed by atoms with van der Waals surface area (Å²) in [5, 5.41) is 11.3. The second kappa shape index (κ2) is 7.28. The third kappa shape index (κ3) is 3.40. The van der Waals surface area contributed by atoms with Crippen molar-refractivity contribution in [1.82, 2.24) is 9.80 Å². The number of nitrogens with zero attached hydrogens (tertiary/aromatic N) is 3. The zero-order valence-electron chi connectivity index (χ0n) is 19.4. The molecule has 1 atom stereocenters. The molecule has 1 saturated heterocycles. The summed E-state index contributed by atoms with van der Waals surface area (Å²) in [6.07, 6.45) is 5.25. The number of likely N-dealkylation sites (tertiary alicyclic amines) is 1. The topological polar surface area (TPSA) is 86.4 Å². The Bertz CT molecular complexity index is 1380. The molecule has 2 aliphatic carbocycles. The summed E-state index contributed by atoms with van der Waals surface area (Å²) >= 11 is 0. The molecule has 4 aliphatic rings. The maximum absolute atomic E-state index is 13.3. The molecule has 2 saturated carbocycles. The van der Waals surface area contributed by atoms with Crippen LogP contribution in [-0.4, -0.2) is 63.3 Å². The van der Waals surface area contributed by atoms with Gasteiger partial charge >= 0.3 is 0 Å². The first-order valence-corrected chi connectivity index (χ1v) is 12.5. The van der Waals surface area contributed by atoms with E-state index in [9.17, 15) is 14.7 Å². The van der Waals surface area contributed by atoms with Crippen molar-refractivity contribution in [3.63, 3.8) is 0 Å². The predicted octanol–water partition coefficient (Wildman–Crippen LogP) is 3.59. The van der Waals surface area contributed by atoms with Crippen molar-refractivity contribution < 1.29 is 19.1 Å². The Labute approximate surface area is 203 Å². The Morgan fingerprint density at radius 1 is 1.03 bits per heavy atom. The molecule has 2 aliphatic heterocycles. The molecule has 1 spiro atoms. The molecule has 7 rings (SSSR count). The fourth-order valence-corrected chi connectivity index (χ4v) is 5.50. The number of hydrogen-bond donors (Lipinski definition) is 1. The standard InChI is InChI=1S/C28H27N3O4/c32-25-27(9-10-27)29-24(31(25)17-18-7-13-30(16-18)26(33)28(34)11-12-28)20-3-1-19(2-4-20)21-5-6-23-22(15-21)8-14-35-23/h1-6,8,14-15,18,34H,7,9-13,16-17H2/t18-/m1/s1. The van der Waals surface area contributed by atoms with E-state index in [1.807, 2.05) is 35.2 Å². The minimum absolute atomic E-state index is 0.0904. The first-order chi connectivity index (χ1) is 16.9. The maximum Gasteiger partial charge on any atom is 0.256 e. The second-order valence-corrected chi connectivity index (χ2v) is 10.6. The van der Waals surface area contributed by atoms with Gasteiger partial charge in [-0.3, -0.25) is 19.5 Å². The van der Waals surface area contributed by atoms with Crippen LogP contribution in [0.2, 0.25) is 0 Å². The molecule has 0 unspecified atom stereocenters. The first kappa shape index (κ1) is 20.9. The number of furan rings is 1. The van der Waals surface area contributed by atoms with Gasteiger partial charge in [-0.15, -0.1) is 0 Å². The fourth-order valence-electron chi connectivity index (χ4n) is 5.50. The number of carbonyl (C=O) groups is 2. The van der Waals surface area contributed by atoms with Gasteiger partial charge in [0.1, 0.15) is 22.6 Å². The van der Waals surface area contributed by atoms with Gasteiger partial charge in [0.25, 0.3) is 11.8 Å². The molecule has 0 radical (unpaired) electrons. The van der Waals surface area contributed by atoms with Gasteiger partial charge in [0.15, 0.2) is 0 Å². The Hall–Kier alpha value is -3.45. The molecular formula is C28H27N3O4. The van der Waals surface area contributed by atoms with E-state index in [0.29, 0.717) is 32.5 Å². The molecule has 3 heterocycles. The molecule has 3 aromatic rings. The van der Waals surface area contributed by atoms with Crippen LogP contribution in [0.1, 0.15) is 37.7 Å². The zero-order valence-corrected chi connectivity index (χ0v) is 19.4. The van der Waals surface area contributed by atoms with Crippen molar-refractivity contribution >= 4 is 28.6 Å². The molecule has 3 fully saturated rings. The molecule has 1 N–H and O–H groups in total. The normalized spacial score (nSPS) is 23.9. The molecule has 7 heteroatoms. The van der Waals surface area contributed by atoms with Crippen LogP contribution >= 0.6 is 0 Å². The van der Waals surface area contributed by atoms with E-state index in [0.717, 1.165) is 52.8 Å². The van der Waals surface area contributed by atoms with Crippen molar-refractivity contribution in [3.05, 3.63) is 60.4 Å². The van der Waals surface area contributed by atoms with Crippen LogP contribution in [0, 0.1) is 5.92 Å². The lowest BCUT2D eigenvalue weighted by Gasteiger charge is -2.24. The number of benzene rings is 2. The van der Waals surface area contributed by atoms with Crippen LogP contribution in [0.25, 0.3) is 22.1 Å². The summed E-state index contributed by atoms with van der Waals surface area (Å²) in [5.41, 5.74) is 2.31. The summed E-state index contributed by atoms with van der Waals surface area (Å²) in [7, 11) is 0. The zero-order chi connectivity index (χ0) is 23.8. The number of aliphatic imine (C=N–C) groups is 1. The quantitative estimate of drug-likeness (QED) is 0.619. The van der Waals surface area contributed by atoms with Crippen LogP contribution < -0.4 is 0 Å². The summed E-state index contributed by atoms with van der Waals surface area (Å²) < 4.78 is 5.45. The van der Waals surface area contributed by atoms with E-state index >= 15 is 0 Å². The minimum atomic E-state index is -1.13. The highest BCUT2D eigenvalue weighted by molar-refractivity contribution is 6.16. The maximum atomic E-state index is 13.3. The highest BCUT2D eigenvalue weighted by Gasteiger charge is 2.58. The van der Waals surface area contributed by atoms with Crippen LogP contribution in [0.4, 0.5) is 0 Å². The summed E-state index contributed by atoms with van der Waals surface area (Å²) in [6.45, 7) is 1.78. The third-order valence-electron chi connectivity index (χ3n) is 8.01. The summed E-state index contributed by atoms with van der Waals surface area (Å²) in [5.74, 6) is 0.873. The summed E-state index contributed by atoms with van der Waals surface area (Å²) in [4.78, 5) is 34.4. The van der Waals surface area contributed by atoms with Gasteiger partial charge in [-0.25, -0.2) is 0 Å². The fraction of sp³-hybridized carbons (Fsp3) is 0.393. The predicted molar refractivity (Wildman–Crippen MR) is 131 cm³/mol. The van der Waals surface area contributed by atoms with Crippen molar-refractivity contribution in [2.75, 3.05) is 19.6 Å². The lowest BCUT2D eigenvalue weighted by atomic mass is 10.0. The summed E-state index contributed by atoms with van der Waals surface area (Å²) in [6, 6.07) is 16.3. The lowest BCUT2D eigenvalue weighted by Crippen LogP contribution is -2.42. The van der Waals surface area contributed by atoms with E-state index < -0.39 is 11.1 Å². The van der Waals surface area contributed by atoms with Crippen molar-refractivity contribution in [2.24, 2.45) is 10.9 Å². The molecule has 178 valence electrons. The van der Waals surface area contributed by atoms with E-state index in [2.05, 4.69) is 18.2 Å². The van der Waals surface area contributed by atoms with Crippen molar-refractivity contribution in [1.29, 1.82) is 0 Å². The third-order valence-corrected chi connectivity index (χ3v) is 8.01. The Morgan fingerprint density at radius 3 is 2.51 bits per heavy atom. The Kier molecular flexibility index (Phi) is 4.34. The number of rotatable bonds is 5. The van der Waals surface area contributed by atoms with Crippen LogP contribution in [0.15, 0.2) is 64.2 Å². The highest BCUT2D eigenvalue weighted by Crippen LogP contribution is 2.46. The number of carbonyl (C=O) groups excluding carboxylic acids is 2. The van der Waals surface area contributed by atoms with Gasteiger partial charge in [0.2, 0.25) is 0 Å². The van der Waals surface area contributed by atoms with Crippen molar-refractivity contribution in [3.8, 4) is 11.1 Å². The molecule has 2 aromatic carbocycles. The smallest absolute Gasteiger partial charge is 0.256 e. The van der Waals surface area contributed by atoms with Gasteiger partial charge in [-0.2, -0.15) is 0 Å². The number of hydrogen-bond acceptors (Lipinski definition) is 5. The Morgan fingerprint density at radius 2 is 1.77 bits per heavy atom. The number of fused-ring (bicyclic) bond motifs is 1. The average molecular weight is 470 g/mol. The first-order valence-electron chi connectivity index (χ1n) is 12.5. The van der Waals surface area contributed by atoms with Gasteiger partial charge in [-0.1, -0.05) is 30.3 Å². The van der Waals surface area contributed by atoms with Gasteiger partial charge < -0.3 is 14.4 Å². The number of amides is 2.